The van der Waals surface area contributed by atoms with E-state index in [4.69, 9.17) is 33.2 Å². The zero-order valence-electron chi connectivity index (χ0n) is 36.0. The van der Waals surface area contributed by atoms with Crippen LogP contribution in [0.25, 0.3) is 0 Å². The number of allylic oxidation sites excluding steroid dienone is 1. The highest BCUT2D eigenvalue weighted by molar-refractivity contribution is 5.27. The van der Waals surface area contributed by atoms with Gasteiger partial charge in [-0.15, -0.1) is 0 Å². The average Bonchev–Trinajstić information content (AvgIpc) is 3.69. The van der Waals surface area contributed by atoms with Crippen LogP contribution in [0.3, 0.4) is 0 Å². The highest BCUT2D eigenvalue weighted by atomic mass is 16.8. The molecule has 5 aliphatic heterocycles. The number of ether oxygens (including phenoxy) is 7. The molecule has 17 heteroatoms. The Kier molecular flexibility index (Phi) is 12.4. The Morgan fingerprint density at radius 2 is 1.51 bits per heavy atom. The van der Waals surface area contributed by atoms with E-state index in [2.05, 4.69) is 39.1 Å². The Bertz CT molecular complexity index is 1610. The lowest BCUT2D eigenvalue weighted by Crippen LogP contribution is -2.66. The molecule has 348 valence electrons. The van der Waals surface area contributed by atoms with Gasteiger partial charge in [0.2, 0.25) is 0 Å². The molecule has 0 unspecified atom stereocenters. The second kappa shape index (κ2) is 16.7. The van der Waals surface area contributed by atoms with Gasteiger partial charge in [0.25, 0.3) is 0 Å². The minimum Gasteiger partial charge on any atom is -0.394 e. The number of piperidine rings is 1. The monoisotopic (exact) mass is 869 g/mol. The molecule has 10 N–H and O–H groups in total. The van der Waals surface area contributed by atoms with Crippen molar-refractivity contribution in [2.45, 2.75) is 196 Å². The summed E-state index contributed by atoms with van der Waals surface area (Å²) < 4.78 is 43.5. The standard InChI is InChI=1S/C44H71NO16/c1-18-12-29(48)44(45-15-18)19(2)30-27(61-44)14-25-23-7-6-21-13-22(8-10-42(21,4)24(23)9-11-43(25,30)5)57-41-38(60-40-36(54)34(52)31(49)20(3)56-40)37(33(51)28(16-46)58-41)59-39-35(53)32(50)26(47)17-55-39/h6,18-20,22-41,45-54H,7-17H2,1-5H3/t18-,19+,20+,22+,23-,24+,25+,26-,27+,28-,29+,30+,31+,32+,33+,34-,35-,36-,37+,38-,39+,40+,41-,42+,43+,44+/m1/s1. The predicted octanol–water partition coefficient (Wildman–Crippen LogP) is -0.603. The van der Waals surface area contributed by atoms with Crippen LogP contribution in [0.4, 0.5) is 0 Å². The third-order valence-corrected chi connectivity index (χ3v) is 17.5. The maximum absolute atomic E-state index is 11.5. The molecule has 0 aromatic carbocycles. The first-order valence-corrected chi connectivity index (χ1v) is 23.0. The first kappa shape index (κ1) is 45.2. The molecule has 0 aromatic heterocycles. The maximum Gasteiger partial charge on any atom is 0.187 e. The summed E-state index contributed by atoms with van der Waals surface area (Å²) >= 11 is 0. The molecule has 0 radical (unpaired) electrons. The van der Waals surface area contributed by atoms with Gasteiger partial charge in [-0.25, -0.2) is 0 Å². The third-order valence-electron chi connectivity index (χ3n) is 17.5. The van der Waals surface area contributed by atoms with Gasteiger partial charge >= 0.3 is 0 Å². The summed E-state index contributed by atoms with van der Waals surface area (Å²) in [6.45, 7) is 10.7. The fourth-order valence-corrected chi connectivity index (χ4v) is 14.1. The van der Waals surface area contributed by atoms with Crippen molar-refractivity contribution in [3.05, 3.63) is 11.6 Å². The van der Waals surface area contributed by atoms with Gasteiger partial charge in [-0.1, -0.05) is 39.3 Å². The zero-order valence-corrected chi connectivity index (χ0v) is 36.0. The molecule has 17 nitrogen and oxygen atoms in total. The molecule has 3 saturated carbocycles. The molecular formula is C44H71NO16. The van der Waals surface area contributed by atoms with Crippen LogP contribution in [-0.2, 0) is 33.2 Å². The molecular weight excluding hydrogens is 798 g/mol. The summed E-state index contributed by atoms with van der Waals surface area (Å²) in [6.07, 6.45) is -12.0. The van der Waals surface area contributed by atoms with E-state index in [0.717, 1.165) is 45.1 Å². The van der Waals surface area contributed by atoms with Crippen LogP contribution in [0, 0.1) is 46.3 Å². The van der Waals surface area contributed by atoms with Crippen molar-refractivity contribution in [2.24, 2.45) is 46.3 Å². The van der Waals surface area contributed by atoms with Gasteiger partial charge in [0.05, 0.1) is 37.6 Å². The Balaban J connectivity index is 0.934. The maximum atomic E-state index is 11.5. The molecule has 0 aromatic rings. The lowest BCUT2D eigenvalue weighted by Gasteiger charge is -2.59. The average molecular weight is 870 g/mol. The number of hydrogen-bond donors (Lipinski definition) is 10. The lowest BCUT2D eigenvalue weighted by molar-refractivity contribution is -0.390. The largest absolute Gasteiger partial charge is 0.394 e. The Hall–Kier alpha value is -0.940. The van der Waals surface area contributed by atoms with Gasteiger partial charge in [-0.05, 0) is 98.7 Å². The molecule has 5 saturated heterocycles. The number of aliphatic hydroxyl groups is 9. The van der Waals surface area contributed by atoms with Gasteiger partial charge in [-0.2, -0.15) is 0 Å². The Labute approximate surface area is 357 Å². The molecule has 9 rings (SSSR count). The van der Waals surface area contributed by atoms with Crippen molar-refractivity contribution in [1.29, 1.82) is 0 Å². The smallest absolute Gasteiger partial charge is 0.187 e. The summed E-state index contributed by atoms with van der Waals surface area (Å²) in [4.78, 5) is 0. The molecule has 0 bridgehead atoms. The topological polar surface area (TPSA) is 259 Å². The van der Waals surface area contributed by atoms with Gasteiger partial charge in [0, 0.05) is 12.5 Å². The van der Waals surface area contributed by atoms with Crippen LogP contribution >= 0.6 is 0 Å². The SMILES string of the molecule is C[C@H]1CN[C@@]2(O[C@H]3C[C@H]4[C@@H]5CC=C6C[C@@H](O[C@@H]7O[C@H](CO)[C@H](O)[C@H](O[C@@H]8OC[C@@H](O)[C@H](O)[C@H]8O)[C@H]7O[C@@H]7O[C@@H](C)[C@H](O)[C@@H](O)[C@H]7O)CC[C@]6(C)[C@H]5CC[C@]4(C)[C@H]3[C@@H]2C)[C@@H](O)C1. The van der Waals surface area contributed by atoms with Crippen LogP contribution < -0.4 is 5.32 Å². The molecule has 0 amide bonds. The van der Waals surface area contributed by atoms with E-state index in [-0.39, 0.29) is 35.6 Å². The molecule has 61 heavy (non-hydrogen) atoms. The van der Waals surface area contributed by atoms with E-state index in [9.17, 15) is 46.0 Å². The van der Waals surface area contributed by atoms with Crippen molar-refractivity contribution < 1.29 is 79.1 Å². The molecule has 26 atom stereocenters. The van der Waals surface area contributed by atoms with Crippen LogP contribution in [0.2, 0.25) is 0 Å². The highest BCUT2D eigenvalue weighted by Crippen LogP contribution is 2.70. The molecule has 1 spiro atoms. The van der Waals surface area contributed by atoms with E-state index < -0.39 is 104 Å². The van der Waals surface area contributed by atoms with Gasteiger partial charge in [0.15, 0.2) is 18.9 Å². The first-order valence-electron chi connectivity index (χ1n) is 23.0. The summed E-state index contributed by atoms with van der Waals surface area (Å²) in [5.41, 5.74) is 0.701. The molecule has 8 fully saturated rings. The first-order chi connectivity index (χ1) is 28.9. The van der Waals surface area contributed by atoms with Crippen LogP contribution in [0.1, 0.15) is 86.0 Å². The van der Waals surface area contributed by atoms with E-state index in [1.807, 2.05) is 0 Å². The normalized spacial score (nSPS) is 58.4. The second-order valence-corrected chi connectivity index (χ2v) is 20.9. The van der Waals surface area contributed by atoms with E-state index >= 15 is 0 Å². The fraction of sp³-hybridized carbons (Fsp3) is 0.955. The lowest BCUT2D eigenvalue weighted by atomic mass is 9.46. The third kappa shape index (κ3) is 7.32. The Morgan fingerprint density at radius 3 is 2.25 bits per heavy atom. The van der Waals surface area contributed by atoms with Crippen LogP contribution in [0.5, 0.6) is 0 Å². The summed E-state index contributed by atoms with van der Waals surface area (Å²) in [6, 6.07) is 0. The number of rotatable bonds is 7. The van der Waals surface area contributed by atoms with Gasteiger partial charge in [0.1, 0.15) is 66.8 Å². The van der Waals surface area contributed by atoms with Crippen molar-refractivity contribution in [3.8, 4) is 0 Å². The minimum absolute atomic E-state index is 0.0570. The Morgan fingerprint density at radius 1 is 0.770 bits per heavy atom. The quantitative estimate of drug-likeness (QED) is 0.143. The predicted molar refractivity (Wildman–Crippen MR) is 212 cm³/mol. The summed E-state index contributed by atoms with van der Waals surface area (Å²) in [7, 11) is 0. The number of fused-ring (bicyclic) bond motifs is 7. The molecule has 5 heterocycles. The number of nitrogens with one attached hydrogen (secondary N) is 1. The van der Waals surface area contributed by atoms with E-state index in [0.29, 0.717) is 42.4 Å². The minimum atomic E-state index is -1.73. The van der Waals surface area contributed by atoms with Gasteiger partial charge in [-0.3, -0.25) is 5.32 Å². The van der Waals surface area contributed by atoms with Crippen LogP contribution in [-0.4, -0.2) is 176 Å². The van der Waals surface area contributed by atoms with Gasteiger partial charge < -0.3 is 79.1 Å². The molecule has 9 aliphatic rings. The van der Waals surface area contributed by atoms with Crippen molar-refractivity contribution in [1.82, 2.24) is 5.32 Å². The molecule has 4 aliphatic carbocycles. The highest BCUT2D eigenvalue weighted by Gasteiger charge is 2.70. The summed E-state index contributed by atoms with van der Waals surface area (Å²) in [5, 5.41) is 100. The second-order valence-electron chi connectivity index (χ2n) is 20.9. The van der Waals surface area contributed by atoms with Crippen LogP contribution in [0.15, 0.2) is 11.6 Å². The number of aliphatic hydroxyl groups excluding tert-OH is 9. The van der Waals surface area contributed by atoms with E-state index in [1.54, 1.807) is 0 Å². The van der Waals surface area contributed by atoms with E-state index in [1.165, 1.54) is 12.5 Å². The zero-order chi connectivity index (χ0) is 43.5. The fourth-order valence-electron chi connectivity index (χ4n) is 14.1. The van der Waals surface area contributed by atoms with Crippen molar-refractivity contribution in [2.75, 3.05) is 19.8 Å². The summed E-state index contributed by atoms with van der Waals surface area (Å²) in [5.74, 6) is 2.47. The number of hydrogen-bond acceptors (Lipinski definition) is 17. The van der Waals surface area contributed by atoms with Crippen molar-refractivity contribution >= 4 is 0 Å². The van der Waals surface area contributed by atoms with Crippen molar-refractivity contribution in [3.63, 3.8) is 0 Å².